The van der Waals surface area contributed by atoms with Gasteiger partial charge in [0, 0.05) is 0 Å². The first-order chi connectivity index (χ1) is 11.0. The second-order valence-corrected chi connectivity index (χ2v) is 8.13. The Morgan fingerprint density at radius 2 is 1.40 bits per heavy atom. The Hall–Kier alpha value is -0.860. The van der Waals surface area contributed by atoms with Crippen LogP contribution < -0.4 is 0 Å². The van der Waals surface area contributed by atoms with Crippen LogP contribution in [0.4, 0.5) is 0 Å². The van der Waals surface area contributed by atoms with E-state index in [0.29, 0.717) is 0 Å². The topological polar surface area (TPSA) is 278 Å². The Bertz CT molecular complexity index is 627. The summed E-state index contributed by atoms with van der Waals surface area (Å²) in [7, 11) is -16.2. The van der Waals surface area contributed by atoms with Crippen LogP contribution in [0.5, 0.6) is 0 Å². The van der Waals surface area contributed by atoms with Gasteiger partial charge in [-0.3, -0.25) is 0 Å². The summed E-state index contributed by atoms with van der Waals surface area (Å²) in [6.07, 6.45) is -2.78. The number of aliphatic hydroxyl groups excluding tert-OH is 4. The van der Waals surface area contributed by atoms with Crippen molar-refractivity contribution in [3.05, 3.63) is 11.5 Å². The molecule has 0 radical (unpaired) electrons. The predicted octanol–water partition coefficient (Wildman–Crippen LogP) is -2.10. The van der Waals surface area contributed by atoms with Crippen molar-refractivity contribution < 1.29 is 76.7 Å². The molecule has 0 amide bonds. The van der Waals surface area contributed by atoms with E-state index in [0.717, 1.165) is 0 Å². The van der Waals surface area contributed by atoms with Crippen molar-refractivity contribution in [2.45, 2.75) is 12.2 Å². The van der Waals surface area contributed by atoms with E-state index < -0.39 is 59.8 Å². The first kappa shape index (κ1) is 24.1. The summed E-state index contributed by atoms with van der Waals surface area (Å²) in [5.74, 6) is -2.78. The molecule has 2 atom stereocenters. The number of rotatable bonds is 6. The number of hydrogen-bond acceptors (Lipinski definition) is 11. The molecule has 19 heteroatoms. The minimum absolute atomic E-state index is 0.671. The van der Waals surface area contributed by atoms with Gasteiger partial charge in [0.2, 0.25) is 5.76 Å². The third-order valence-corrected chi connectivity index (χ3v) is 5.25. The van der Waals surface area contributed by atoms with Crippen LogP contribution in [0.15, 0.2) is 11.5 Å². The van der Waals surface area contributed by atoms with Crippen LogP contribution in [0.25, 0.3) is 0 Å². The first-order valence-corrected chi connectivity index (χ1v) is 10.0. The van der Waals surface area contributed by atoms with Gasteiger partial charge in [0.15, 0.2) is 11.9 Å². The molecule has 1 aliphatic rings. The lowest BCUT2D eigenvalue weighted by atomic mass is 10.2. The van der Waals surface area contributed by atoms with Gasteiger partial charge in [-0.25, -0.2) is 18.5 Å². The Morgan fingerprint density at radius 3 is 1.64 bits per heavy atom. The largest absolute Gasteiger partial charge is 0.505 e. The quantitative estimate of drug-likeness (QED) is 0.160. The second-order valence-electron chi connectivity index (χ2n) is 3.92. The van der Waals surface area contributed by atoms with Crippen LogP contribution >= 0.6 is 23.5 Å². The van der Waals surface area contributed by atoms with Crippen molar-refractivity contribution in [3.8, 4) is 0 Å². The molecule has 0 aromatic rings. The van der Waals surface area contributed by atoms with Crippen molar-refractivity contribution in [1.29, 1.82) is 0 Å². The Labute approximate surface area is 137 Å². The summed E-state index contributed by atoms with van der Waals surface area (Å²) in [4.78, 5) is 50.7. The van der Waals surface area contributed by atoms with Gasteiger partial charge in [-0.2, -0.15) is 8.62 Å². The molecule has 1 heterocycles. The number of aliphatic hydroxyl groups is 4. The lowest BCUT2D eigenvalue weighted by Gasteiger charge is -2.13. The summed E-state index contributed by atoms with van der Waals surface area (Å²) in [5, 5.41) is 35.0. The minimum atomic E-state index is -5.46. The molecule has 0 fully saturated rings. The molecule has 1 aliphatic heterocycles. The lowest BCUT2D eigenvalue weighted by Crippen LogP contribution is -2.31. The lowest BCUT2D eigenvalue weighted by molar-refractivity contribution is -0.147. The fraction of sp³-hybridized carbons (Fsp3) is 0.500. The molecule has 9 N–H and O–H groups in total. The smallest absolute Gasteiger partial charge is 0.490 e. The van der Waals surface area contributed by atoms with Crippen LogP contribution in [0.2, 0.25) is 0 Å². The number of cyclic esters (lactones) is 1. The zero-order valence-electron chi connectivity index (χ0n) is 11.6. The summed E-state index contributed by atoms with van der Waals surface area (Å²) < 4.78 is 40.7. The van der Waals surface area contributed by atoms with Crippen molar-refractivity contribution in [1.82, 2.24) is 0 Å². The van der Waals surface area contributed by atoms with E-state index in [2.05, 4.69) is 13.4 Å². The molecule has 148 valence electrons. The highest BCUT2D eigenvalue weighted by atomic mass is 31.3. The number of phosphoric acid groups is 3. The minimum Gasteiger partial charge on any atom is -0.505 e. The number of esters is 1. The second kappa shape index (κ2) is 8.68. The first-order valence-electron chi connectivity index (χ1n) is 5.47. The van der Waals surface area contributed by atoms with E-state index in [9.17, 15) is 18.5 Å². The van der Waals surface area contributed by atoms with Gasteiger partial charge in [-0.1, -0.05) is 0 Å². The Morgan fingerprint density at radius 1 is 1.00 bits per heavy atom. The van der Waals surface area contributed by atoms with Gasteiger partial charge >= 0.3 is 29.4 Å². The van der Waals surface area contributed by atoms with Crippen molar-refractivity contribution in [3.63, 3.8) is 0 Å². The number of ether oxygens (including phenoxy) is 1. The molecular weight excluding hydrogens is 421 g/mol. The fourth-order valence-electron chi connectivity index (χ4n) is 1.11. The maximum absolute atomic E-state index is 10.5. The SMILES string of the molecule is O=C1O[C@H]([C@@H](O)CO)C(O)=C1O.O=P(O)(O)OP(=O)(O)OP(=O)(O)O. The van der Waals surface area contributed by atoms with E-state index in [1.54, 1.807) is 0 Å². The zero-order chi connectivity index (χ0) is 20.2. The molecule has 0 saturated heterocycles. The third kappa shape index (κ3) is 9.42. The predicted molar refractivity (Wildman–Crippen MR) is 71.3 cm³/mol. The van der Waals surface area contributed by atoms with Crippen LogP contribution in [0, 0.1) is 0 Å². The molecule has 0 aromatic carbocycles. The zero-order valence-corrected chi connectivity index (χ0v) is 14.3. The summed E-state index contributed by atoms with van der Waals surface area (Å²) in [6, 6.07) is 0. The highest BCUT2D eigenvalue weighted by molar-refractivity contribution is 7.66. The summed E-state index contributed by atoms with van der Waals surface area (Å²) in [5.41, 5.74) is 0. The Kier molecular flexibility index (Phi) is 8.39. The normalized spacial score (nSPS) is 20.0. The molecule has 0 saturated carbocycles. The van der Waals surface area contributed by atoms with Gasteiger partial charge < -0.3 is 49.6 Å². The number of hydrogen-bond donors (Lipinski definition) is 9. The van der Waals surface area contributed by atoms with Gasteiger partial charge in [0.25, 0.3) is 0 Å². The highest BCUT2D eigenvalue weighted by Crippen LogP contribution is 2.64. The van der Waals surface area contributed by atoms with Gasteiger partial charge in [0.05, 0.1) is 6.61 Å². The molecule has 16 nitrogen and oxygen atoms in total. The monoisotopic (exact) mass is 434 g/mol. The molecular formula is C6H13O16P3. The van der Waals surface area contributed by atoms with Crippen LogP contribution in [-0.4, -0.2) is 69.7 Å². The van der Waals surface area contributed by atoms with E-state index in [4.69, 9.17) is 44.9 Å². The molecule has 0 spiro atoms. The maximum atomic E-state index is 10.5. The average Bonchev–Trinajstić information content (AvgIpc) is 2.60. The van der Waals surface area contributed by atoms with Crippen LogP contribution in [0.3, 0.4) is 0 Å². The van der Waals surface area contributed by atoms with E-state index in [-0.39, 0.29) is 0 Å². The van der Waals surface area contributed by atoms with E-state index in [1.165, 1.54) is 0 Å². The van der Waals surface area contributed by atoms with E-state index >= 15 is 0 Å². The Balaban J connectivity index is 0.000000462. The molecule has 0 aliphatic carbocycles. The summed E-state index contributed by atoms with van der Waals surface area (Å²) >= 11 is 0. The molecule has 0 unspecified atom stereocenters. The molecule has 25 heavy (non-hydrogen) atoms. The van der Waals surface area contributed by atoms with Crippen molar-refractivity contribution >= 4 is 29.4 Å². The number of carbonyl (C=O) groups is 1. The molecule has 1 rings (SSSR count). The van der Waals surface area contributed by atoms with Gasteiger partial charge in [0.1, 0.15) is 6.10 Å². The van der Waals surface area contributed by atoms with E-state index in [1.807, 2.05) is 0 Å². The van der Waals surface area contributed by atoms with Crippen molar-refractivity contribution in [2.75, 3.05) is 6.61 Å². The van der Waals surface area contributed by atoms with Crippen LogP contribution in [-0.2, 0) is 31.8 Å². The molecule has 0 aromatic heterocycles. The third-order valence-electron chi connectivity index (χ3n) is 1.90. The average molecular weight is 434 g/mol. The fourth-order valence-corrected chi connectivity index (χ4v) is 3.64. The van der Waals surface area contributed by atoms with Gasteiger partial charge in [-0.15, -0.1) is 0 Å². The number of carbonyl (C=O) groups excluding carboxylic acids is 1. The standard InChI is InChI=1S/C6H8O6.H5O10P3/c7-1-2(8)5-3(9)4(10)6(11)12-5;1-11(2,3)9-13(7,8)10-12(4,5)6/h2,5,7-10H,1H2;(H,7,8)(H2,1,2,3)(H2,4,5,6)/t2-,5+;/m0./s1. The van der Waals surface area contributed by atoms with Crippen molar-refractivity contribution in [2.24, 2.45) is 0 Å². The molecule has 0 bridgehead atoms. The summed E-state index contributed by atoms with van der Waals surface area (Å²) in [6.45, 7) is -0.671. The van der Waals surface area contributed by atoms with Gasteiger partial charge in [-0.05, 0) is 0 Å². The van der Waals surface area contributed by atoms with Crippen LogP contribution in [0.1, 0.15) is 0 Å². The maximum Gasteiger partial charge on any atom is 0.490 e. The highest BCUT2D eigenvalue weighted by Gasteiger charge is 2.39.